The van der Waals surface area contributed by atoms with Crippen LogP contribution in [0.15, 0.2) is 27.4 Å². The van der Waals surface area contributed by atoms with E-state index in [1.54, 1.807) is 11.1 Å². The Morgan fingerprint density at radius 3 is 2.81 bits per heavy atom. The summed E-state index contributed by atoms with van der Waals surface area (Å²) >= 11 is 3.69. The van der Waals surface area contributed by atoms with Crippen LogP contribution >= 0.6 is 35.9 Å². The van der Waals surface area contributed by atoms with Gasteiger partial charge >= 0.3 is 0 Å². The molecule has 0 amide bonds. The maximum atomic E-state index is 4.61. The molecule has 0 N–H and O–H groups in total. The third-order valence-electron chi connectivity index (χ3n) is 4.26. The van der Waals surface area contributed by atoms with Gasteiger partial charge in [0.25, 0.3) is 0 Å². The van der Waals surface area contributed by atoms with E-state index in [2.05, 4.69) is 34.3 Å². The van der Waals surface area contributed by atoms with Crippen molar-refractivity contribution in [1.82, 2.24) is 4.90 Å². The van der Waals surface area contributed by atoms with Crippen LogP contribution in [0.25, 0.3) is 5.70 Å². The van der Waals surface area contributed by atoms with Crippen LogP contribution in [0.3, 0.4) is 0 Å². The fraction of sp³-hybridized carbons (Fsp3) is 0.438. The molecule has 1 aromatic carbocycles. The molecule has 5 heteroatoms. The molecule has 2 aliphatic heterocycles. The van der Waals surface area contributed by atoms with Crippen molar-refractivity contribution < 1.29 is 0 Å². The van der Waals surface area contributed by atoms with E-state index < -0.39 is 0 Å². The zero-order valence-electron chi connectivity index (χ0n) is 12.1. The molecule has 0 spiro atoms. The van der Waals surface area contributed by atoms with E-state index in [1.165, 1.54) is 46.3 Å². The van der Waals surface area contributed by atoms with Gasteiger partial charge in [-0.25, -0.2) is 0 Å². The van der Waals surface area contributed by atoms with Crippen molar-refractivity contribution in [2.24, 2.45) is 4.99 Å². The molecule has 0 bridgehead atoms. The molecule has 4 rings (SSSR count). The summed E-state index contributed by atoms with van der Waals surface area (Å²) in [5, 5.41) is 1.20. The number of nitrogens with zero attached hydrogens (tertiary/aromatic N) is 2. The fourth-order valence-electron chi connectivity index (χ4n) is 3.26. The Morgan fingerprint density at radius 2 is 2.00 bits per heavy atom. The topological polar surface area (TPSA) is 15.6 Å². The Bertz CT molecular complexity index is 625. The highest BCUT2D eigenvalue weighted by Crippen LogP contribution is 2.46. The summed E-state index contributed by atoms with van der Waals surface area (Å²) in [7, 11) is 0. The van der Waals surface area contributed by atoms with E-state index in [0.29, 0.717) is 0 Å². The number of benzene rings is 1. The van der Waals surface area contributed by atoms with Gasteiger partial charge in [-0.2, -0.15) is 0 Å². The molecule has 0 saturated carbocycles. The number of hydrogen-bond acceptors (Lipinski definition) is 4. The van der Waals surface area contributed by atoms with Crippen LogP contribution in [0.5, 0.6) is 0 Å². The molecule has 21 heavy (non-hydrogen) atoms. The first-order chi connectivity index (χ1) is 9.86. The lowest BCUT2D eigenvalue weighted by molar-refractivity contribution is 0.647. The molecule has 1 aromatic rings. The van der Waals surface area contributed by atoms with Gasteiger partial charge in [-0.3, -0.25) is 4.99 Å². The maximum Gasteiger partial charge on any atom is 0.169 e. The smallest absolute Gasteiger partial charge is 0.169 e. The van der Waals surface area contributed by atoms with Crippen molar-refractivity contribution in [3.63, 3.8) is 0 Å². The number of amidine groups is 1. The van der Waals surface area contributed by atoms with Crippen LogP contribution in [-0.2, 0) is 12.8 Å². The minimum atomic E-state index is 0. The zero-order valence-corrected chi connectivity index (χ0v) is 14.5. The first kappa shape index (κ1) is 15.3. The van der Waals surface area contributed by atoms with Gasteiger partial charge in [0.05, 0.1) is 16.5 Å². The third-order valence-corrected chi connectivity index (χ3v) is 6.48. The highest BCUT2D eigenvalue weighted by atomic mass is 35.5. The average Bonchev–Trinajstić information content (AvgIpc) is 3.06. The van der Waals surface area contributed by atoms with Crippen LogP contribution < -0.4 is 0 Å². The summed E-state index contributed by atoms with van der Waals surface area (Å²) in [6.45, 7) is 1.98. The summed E-state index contributed by atoms with van der Waals surface area (Å²) in [6, 6.07) is 7.10. The predicted octanol–water partition coefficient (Wildman–Crippen LogP) is 4.39. The molecule has 3 aliphatic rings. The second kappa shape index (κ2) is 6.27. The van der Waals surface area contributed by atoms with Crippen LogP contribution in [0.1, 0.15) is 29.5 Å². The van der Waals surface area contributed by atoms with Crippen molar-refractivity contribution in [3.05, 3.63) is 39.1 Å². The van der Waals surface area contributed by atoms with Gasteiger partial charge in [-0.15, -0.1) is 24.2 Å². The minimum Gasteiger partial charge on any atom is -0.317 e. The molecular weight excluding hydrogens is 320 g/mol. The third kappa shape index (κ3) is 2.62. The van der Waals surface area contributed by atoms with Crippen LogP contribution in [0.4, 0.5) is 0 Å². The highest BCUT2D eigenvalue weighted by molar-refractivity contribution is 8.30. The van der Waals surface area contributed by atoms with Gasteiger partial charge in [-0.05, 0) is 60.9 Å². The van der Waals surface area contributed by atoms with Gasteiger partial charge in [0.1, 0.15) is 0 Å². The molecule has 2 nitrogen and oxygen atoms in total. The fourth-order valence-corrected chi connectivity index (χ4v) is 5.17. The van der Waals surface area contributed by atoms with Gasteiger partial charge in [0.2, 0.25) is 0 Å². The minimum absolute atomic E-state index is 0. The maximum absolute atomic E-state index is 4.61. The molecule has 0 aromatic heterocycles. The van der Waals surface area contributed by atoms with Crippen LogP contribution in [0.2, 0.25) is 0 Å². The number of thioether (sulfide) groups is 2. The molecule has 112 valence electrons. The second-order valence-corrected chi connectivity index (χ2v) is 7.50. The number of hydrogen-bond donors (Lipinski definition) is 0. The second-order valence-electron chi connectivity index (χ2n) is 5.45. The Kier molecular flexibility index (Phi) is 4.57. The molecule has 0 radical (unpaired) electrons. The van der Waals surface area contributed by atoms with Gasteiger partial charge in [0, 0.05) is 12.1 Å². The summed E-state index contributed by atoms with van der Waals surface area (Å²) in [5.41, 5.74) is 5.91. The van der Waals surface area contributed by atoms with Gasteiger partial charge in [0.15, 0.2) is 5.17 Å². The van der Waals surface area contributed by atoms with Crippen molar-refractivity contribution in [2.45, 2.75) is 25.7 Å². The van der Waals surface area contributed by atoms with E-state index in [0.717, 1.165) is 13.1 Å². The largest absolute Gasteiger partial charge is 0.317 e. The van der Waals surface area contributed by atoms with Crippen molar-refractivity contribution in [1.29, 1.82) is 0 Å². The Balaban J connectivity index is 0.00000132. The summed E-state index contributed by atoms with van der Waals surface area (Å²) in [4.78, 5) is 7.01. The number of aliphatic imine (C=N–C) groups is 1. The lowest BCUT2D eigenvalue weighted by atomic mass is 9.90. The Morgan fingerprint density at radius 1 is 1.19 bits per heavy atom. The number of fused-ring (bicyclic) bond motifs is 2. The molecule has 2 heterocycles. The number of halogens is 1. The van der Waals surface area contributed by atoms with E-state index in [1.807, 2.05) is 23.5 Å². The SMILES string of the molecule is CSC1=C(c2ccc3c(c2)CCCC3)N2CCN=C2S1.Cl. The van der Waals surface area contributed by atoms with Crippen molar-refractivity contribution in [3.8, 4) is 0 Å². The van der Waals surface area contributed by atoms with Crippen molar-refractivity contribution >= 4 is 46.8 Å². The van der Waals surface area contributed by atoms with E-state index in [-0.39, 0.29) is 12.4 Å². The molecule has 0 saturated heterocycles. The molecule has 0 atom stereocenters. The first-order valence-electron chi connectivity index (χ1n) is 7.27. The van der Waals surface area contributed by atoms with Crippen molar-refractivity contribution in [2.75, 3.05) is 19.3 Å². The number of rotatable bonds is 2. The lowest BCUT2D eigenvalue weighted by Gasteiger charge is -2.21. The average molecular weight is 339 g/mol. The number of aryl methyl sites for hydroxylation is 2. The van der Waals surface area contributed by atoms with Crippen LogP contribution in [-0.4, -0.2) is 29.4 Å². The zero-order chi connectivity index (χ0) is 13.5. The summed E-state index contributed by atoms with van der Waals surface area (Å²) < 4.78 is 1.40. The molecular formula is C16H19ClN2S2. The normalized spacial score (nSPS) is 20.0. The highest BCUT2D eigenvalue weighted by Gasteiger charge is 2.32. The van der Waals surface area contributed by atoms with Gasteiger partial charge in [-0.1, -0.05) is 12.1 Å². The molecule has 0 unspecified atom stereocenters. The molecule has 1 aliphatic carbocycles. The van der Waals surface area contributed by atoms with Crippen LogP contribution in [0, 0.1) is 0 Å². The Hall–Kier alpha value is -0.580. The van der Waals surface area contributed by atoms with Gasteiger partial charge < -0.3 is 4.90 Å². The lowest BCUT2D eigenvalue weighted by Crippen LogP contribution is -2.20. The molecule has 0 fully saturated rings. The quantitative estimate of drug-likeness (QED) is 0.795. The Labute approximate surface area is 140 Å². The van der Waals surface area contributed by atoms with E-state index in [4.69, 9.17) is 0 Å². The van der Waals surface area contributed by atoms with E-state index >= 15 is 0 Å². The van der Waals surface area contributed by atoms with E-state index in [9.17, 15) is 0 Å². The standard InChI is InChI=1S/C16H18N2S2.ClH/c1-19-15-14(18-9-8-17-16(18)20-15)13-7-6-11-4-2-3-5-12(11)10-13;/h6-7,10H,2-5,8-9H2,1H3;1H. The first-order valence-corrected chi connectivity index (χ1v) is 9.31. The summed E-state index contributed by atoms with van der Waals surface area (Å²) in [5.74, 6) is 0. The summed E-state index contributed by atoms with van der Waals surface area (Å²) in [6.07, 6.45) is 7.37. The predicted molar refractivity (Wildman–Crippen MR) is 97.4 cm³/mol. The monoisotopic (exact) mass is 338 g/mol.